The maximum Gasteiger partial charge on any atom is 0.246 e. The number of amides is 2. The van der Waals surface area contributed by atoms with Crippen LogP contribution in [-0.2, 0) is 22.6 Å². The standard InChI is InChI=1S/C26H23Cl4N3O3/c1-2-25(36)32-11-18(12-32)31-24(35)14-33-13-20(19-8-17(28)10-22(30)26(19)33)23(34)5-3-4-15-6-7-16(27)9-21(15)29/h2,6-10,13,18H,1,3-5,11-12,14H2,(H,31,35). The molecule has 1 N–H and O–H groups in total. The van der Waals surface area contributed by atoms with E-state index in [1.807, 2.05) is 6.07 Å². The van der Waals surface area contributed by atoms with Gasteiger partial charge in [0.15, 0.2) is 5.78 Å². The summed E-state index contributed by atoms with van der Waals surface area (Å²) in [5, 5.41) is 5.39. The lowest BCUT2D eigenvalue weighted by atomic mass is 10.0. The van der Waals surface area contributed by atoms with Crippen LogP contribution in [0.4, 0.5) is 0 Å². The number of hydrogen-bond acceptors (Lipinski definition) is 3. The van der Waals surface area contributed by atoms with Crippen molar-refractivity contribution in [2.45, 2.75) is 31.8 Å². The molecule has 1 fully saturated rings. The monoisotopic (exact) mass is 565 g/mol. The first-order valence-electron chi connectivity index (χ1n) is 11.3. The number of carbonyl (C=O) groups is 3. The molecule has 2 amide bonds. The Labute approximate surface area is 228 Å². The van der Waals surface area contributed by atoms with Crippen molar-refractivity contribution in [1.82, 2.24) is 14.8 Å². The molecule has 2 heterocycles. The Bertz CT molecular complexity index is 1360. The lowest BCUT2D eigenvalue weighted by Gasteiger charge is -2.38. The van der Waals surface area contributed by atoms with Gasteiger partial charge in [-0.25, -0.2) is 0 Å². The summed E-state index contributed by atoms with van der Waals surface area (Å²) in [6.45, 7) is 4.30. The Morgan fingerprint density at radius 2 is 1.75 bits per heavy atom. The number of Topliss-reactive ketones (excluding diaryl/α,β-unsaturated/α-hetero) is 1. The maximum atomic E-state index is 13.2. The van der Waals surface area contributed by atoms with Crippen LogP contribution in [0.1, 0.15) is 28.8 Å². The molecule has 3 aromatic rings. The van der Waals surface area contributed by atoms with Gasteiger partial charge in [-0.1, -0.05) is 59.0 Å². The van der Waals surface area contributed by atoms with Crippen molar-refractivity contribution in [1.29, 1.82) is 0 Å². The highest BCUT2D eigenvalue weighted by molar-refractivity contribution is 6.39. The summed E-state index contributed by atoms with van der Waals surface area (Å²) in [6.07, 6.45) is 4.39. The third-order valence-electron chi connectivity index (χ3n) is 6.10. The number of fused-ring (bicyclic) bond motifs is 1. The molecule has 36 heavy (non-hydrogen) atoms. The number of aromatic nitrogens is 1. The summed E-state index contributed by atoms with van der Waals surface area (Å²) in [6, 6.07) is 8.45. The Kier molecular flexibility index (Phi) is 8.30. The Morgan fingerprint density at radius 3 is 2.44 bits per heavy atom. The van der Waals surface area contributed by atoms with Crippen LogP contribution in [0.5, 0.6) is 0 Å². The fraction of sp³-hybridized carbons (Fsp3) is 0.269. The number of benzene rings is 2. The van der Waals surface area contributed by atoms with E-state index in [9.17, 15) is 14.4 Å². The summed E-state index contributed by atoms with van der Waals surface area (Å²) < 4.78 is 1.66. The quantitative estimate of drug-likeness (QED) is 0.256. The first kappa shape index (κ1) is 26.6. The molecule has 0 spiro atoms. The molecule has 0 radical (unpaired) electrons. The number of aryl methyl sites for hydroxylation is 1. The van der Waals surface area contributed by atoms with Crippen LogP contribution in [0.2, 0.25) is 20.1 Å². The van der Waals surface area contributed by atoms with E-state index in [2.05, 4.69) is 11.9 Å². The topological polar surface area (TPSA) is 71.4 Å². The molecule has 2 aromatic carbocycles. The zero-order valence-corrected chi connectivity index (χ0v) is 22.2. The van der Waals surface area contributed by atoms with E-state index < -0.39 is 0 Å². The van der Waals surface area contributed by atoms with E-state index in [1.165, 1.54) is 6.08 Å². The minimum absolute atomic E-state index is 0.0303. The lowest BCUT2D eigenvalue weighted by Crippen LogP contribution is -2.61. The van der Waals surface area contributed by atoms with E-state index in [1.54, 1.807) is 39.9 Å². The zero-order valence-electron chi connectivity index (χ0n) is 19.2. The molecule has 4 rings (SSSR count). The van der Waals surface area contributed by atoms with Crippen molar-refractivity contribution >= 4 is 74.9 Å². The van der Waals surface area contributed by atoms with Gasteiger partial charge in [-0.2, -0.15) is 0 Å². The number of halogens is 4. The van der Waals surface area contributed by atoms with Gasteiger partial charge in [0.05, 0.1) is 16.6 Å². The number of hydrogen-bond donors (Lipinski definition) is 1. The van der Waals surface area contributed by atoms with Gasteiger partial charge in [-0.3, -0.25) is 14.4 Å². The molecule has 0 aliphatic carbocycles. The molecule has 10 heteroatoms. The second-order valence-corrected chi connectivity index (χ2v) is 10.4. The van der Waals surface area contributed by atoms with E-state index in [0.717, 1.165) is 5.56 Å². The summed E-state index contributed by atoms with van der Waals surface area (Å²) >= 11 is 24.9. The largest absolute Gasteiger partial charge is 0.348 e. The van der Waals surface area contributed by atoms with Crippen molar-refractivity contribution < 1.29 is 14.4 Å². The number of carbonyl (C=O) groups excluding carboxylic acids is 3. The number of ketones is 1. The second-order valence-electron chi connectivity index (χ2n) is 8.68. The minimum atomic E-state index is -0.245. The number of nitrogens with one attached hydrogen (secondary N) is 1. The second kappa shape index (κ2) is 11.3. The molecule has 0 bridgehead atoms. The lowest BCUT2D eigenvalue weighted by molar-refractivity contribution is -0.133. The average molecular weight is 567 g/mol. The fourth-order valence-electron chi connectivity index (χ4n) is 4.31. The van der Waals surface area contributed by atoms with Gasteiger partial charge in [-0.05, 0) is 48.7 Å². The average Bonchev–Trinajstić information content (AvgIpc) is 3.15. The molecule has 0 saturated carbocycles. The van der Waals surface area contributed by atoms with Crippen molar-refractivity contribution in [3.63, 3.8) is 0 Å². The molecule has 1 saturated heterocycles. The van der Waals surface area contributed by atoms with Crippen LogP contribution in [0.25, 0.3) is 10.9 Å². The molecule has 1 aromatic heterocycles. The van der Waals surface area contributed by atoms with E-state index in [-0.39, 0.29) is 36.6 Å². The van der Waals surface area contributed by atoms with E-state index in [0.29, 0.717) is 62.5 Å². The van der Waals surface area contributed by atoms with Gasteiger partial charge >= 0.3 is 0 Å². The molecule has 188 valence electrons. The van der Waals surface area contributed by atoms with Gasteiger partial charge in [0.25, 0.3) is 0 Å². The highest BCUT2D eigenvalue weighted by Crippen LogP contribution is 2.33. The number of rotatable bonds is 9. The normalized spacial score (nSPS) is 13.5. The number of nitrogens with zero attached hydrogens (tertiary/aromatic N) is 2. The molecule has 1 aliphatic heterocycles. The first-order valence-corrected chi connectivity index (χ1v) is 12.8. The van der Waals surface area contributed by atoms with Crippen LogP contribution in [0.3, 0.4) is 0 Å². The van der Waals surface area contributed by atoms with E-state index >= 15 is 0 Å². The zero-order chi connectivity index (χ0) is 26.0. The molecular formula is C26H23Cl4N3O3. The predicted octanol–water partition coefficient (Wildman–Crippen LogP) is 5.97. The highest BCUT2D eigenvalue weighted by Gasteiger charge is 2.30. The molecular weight excluding hydrogens is 544 g/mol. The molecule has 6 nitrogen and oxygen atoms in total. The maximum absolute atomic E-state index is 13.2. The summed E-state index contributed by atoms with van der Waals surface area (Å²) in [5.41, 5.74) is 1.94. The van der Waals surface area contributed by atoms with Crippen molar-refractivity contribution in [3.05, 3.63) is 80.4 Å². The third-order valence-corrected chi connectivity index (χ3v) is 7.20. The summed E-state index contributed by atoms with van der Waals surface area (Å²) in [5.74, 6) is -0.493. The van der Waals surface area contributed by atoms with Crippen molar-refractivity contribution in [3.8, 4) is 0 Å². The Hall–Kier alpha value is -2.51. The van der Waals surface area contributed by atoms with Gasteiger partial charge in [0.2, 0.25) is 11.8 Å². The van der Waals surface area contributed by atoms with Crippen LogP contribution in [0.15, 0.2) is 49.2 Å². The summed E-state index contributed by atoms with van der Waals surface area (Å²) in [7, 11) is 0. The number of likely N-dealkylation sites (tertiary alicyclic amines) is 1. The molecule has 0 unspecified atom stereocenters. The van der Waals surface area contributed by atoms with Crippen LogP contribution in [0, 0.1) is 0 Å². The predicted molar refractivity (Wildman–Crippen MR) is 144 cm³/mol. The summed E-state index contributed by atoms with van der Waals surface area (Å²) in [4.78, 5) is 39.1. The van der Waals surface area contributed by atoms with Crippen LogP contribution >= 0.6 is 46.4 Å². The van der Waals surface area contributed by atoms with Gasteiger partial charge in [-0.15, -0.1) is 0 Å². The smallest absolute Gasteiger partial charge is 0.246 e. The molecule has 1 aliphatic rings. The van der Waals surface area contributed by atoms with Crippen LogP contribution < -0.4 is 5.32 Å². The van der Waals surface area contributed by atoms with E-state index in [4.69, 9.17) is 46.4 Å². The Balaban J connectivity index is 1.47. The van der Waals surface area contributed by atoms with Gasteiger partial charge in [0, 0.05) is 51.7 Å². The highest BCUT2D eigenvalue weighted by atomic mass is 35.5. The van der Waals surface area contributed by atoms with Gasteiger partial charge < -0.3 is 14.8 Å². The molecule has 0 atom stereocenters. The first-order chi connectivity index (χ1) is 17.2. The van der Waals surface area contributed by atoms with Crippen molar-refractivity contribution in [2.24, 2.45) is 0 Å². The minimum Gasteiger partial charge on any atom is -0.348 e. The van der Waals surface area contributed by atoms with Gasteiger partial charge in [0.1, 0.15) is 6.54 Å². The van der Waals surface area contributed by atoms with Crippen molar-refractivity contribution in [2.75, 3.05) is 13.1 Å². The fourth-order valence-corrected chi connectivity index (χ4v) is 5.41. The Morgan fingerprint density at radius 1 is 1.03 bits per heavy atom. The third kappa shape index (κ3) is 5.89. The SMILES string of the molecule is C=CC(=O)N1CC(NC(=O)Cn2cc(C(=O)CCCc3ccc(Cl)cc3Cl)c3cc(Cl)cc(Cl)c32)C1. The van der Waals surface area contributed by atoms with Crippen LogP contribution in [-0.4, -0.2) is 46.2 Å².